The Kier molecular flexibility index (Phi) is 5.51. The lowest BCUT2D eigenvalue weighted by Gasteiger charge is -2.15. The lowest BCUT2D eigenvalue weighted by molar-refractivity contribution is -0.144. The number of benzene rings is 1. The zero-order valence-corrected chi connectivity index (χ0v) is 13.4. The maximum atomic E-state index is 12.2. The summed E-state index contributed by atoms with van der Waals surface area (Å²) in [4.78, 5) is 47.4. The van der Waals surface area contributed by atoms with Gasteiger partial charge in [0, 0.05) is 6.42 Å². The molecule has 1 aromatic carbocycles. The SMILES string of the molecule is COC(=O)[C@H](C)NC(=O)CC[C@@H]1NC(=O)c2ccccc2NC1=O. The molecule has 2 atom stereocenters. The standard InChI is InChI=1S/C16H19N3O5/c1-9(16(23)24-2)17-13(20)8-7-12-15(22)18-11-6-4-3-5-10(11)14(21)19-12/h3-6,9,12H,7-8H2,1-2H3,(H,17,20)(H,18,22)(H,19,21)/t9-,12-/m0/s1. The second kappa shape index (κ2) is 7.58. The van der Waals surface area contributed by atoms with Gasteiger partial charge in [0.25, 0.3) is 5.91 Å². The van der Waals surface area contributed by atoms with Crippen molar-refractivity contribution in [2.24, 2.45) is 0 Å². The first-order valence-electron chi connectivity index (χ1n) is 7.50. The fourth-order valence-electron chi connectivity index (χ4n) is 2.34. The average Bonchev–Trinajstić information content (AvgIpc) is 2.68. The number of ether oxygens (including phenoxy) is 1. The Hall–Kier alpha value is -2.90. The highest BCUT2D eigenvalue weighted by molar-refractivity contribution is 6.09. The van der Waals surface area contributed by atoms with Crippen LogP contribution >= 0.6 is 0 Å². The summed E-state index contributed by atoms with van der Waals surface area (Å²) in [6.07, 6.45) is 0.0985. The van der Waals surface area contributed by atoms with Crippen molar-refractivity contribution < 1.29 is 23.9 Å². The molecule has 0 radical (unpaired) electrons. The Morgan fingerprint density at radius 2 is 2.00 bits per heavy atom. The summed E-state index contributed by atoms with van der Waals surface area (Å²) < 4.78 is 4.52. The number of hydrogen-bond acceptors (Lipinski definition) is 5. The molecule has 24 heavy (non-hydrogen) atoms. The van der Waals surface area contributed by atoms with Crippen molar-refractivity contribution in [3.8, 4) is 0 Å². The van der Waals surface area contributed by atoms with E-state index in [0.29, 0.717) is 11.3 Å². The molecule has 0 saturated carbocycles. The van der Waals surface area contributed by atoms with Crippen LogP contribution in [0.4, 0.5) is 5.69 Å². The van der Waals surface area contributed by atoms with E-state index in [1.165, 1.54) is 14.0 Å². The molecule has 0 bridgehead atoms. The van der Waals surface area contributed by atoms with Crippen LogP contribution in [0.2, 0.25) is 0 Å². The molecule has 8 nitrogen and oxygen atoms in total. The Morgan fingerprint density at radius 3 is 2.71 bits per heavy atom. The van der Waals surface area contributed by atoms with E-state index >= 15 is 0 Å². The minimum atomic E-state index is -0.830. The molecule has 1 aliphatic heterocycles. The highest BCUT2D eigenvalue weighted by Crippen LogP contribution is 2.19. The summed E-state index contributed by atoms with van der Waals surface area (Å²) in [6.45, 7) is 1.50. The van der Waals surface area contributed by atoms with Gasteiger partial charge in [-0.3, -0.25) is 14.4 Å². The molecule has 0 unspecified atom stereocenters. The van der Waals surface area contributed by atoms with Gasteiger partial charge in [0.1, 0.15) is 12.1 Å². The summed E-state index contributed by atoms with van der Waals surface area (Å²) in [7, 11) is 1.23. The lowest BCUT2D eigenvalue weighted by atomic mass is 10.1. The molecule has 3 amide bonds. The van der Waals surface area contributed by atoms with Gasteiger partial charge in [-0.25, -0.2) is 4.79 Å². The van der Waals surface area contributed by atoms with Gasteiger partial charge in [-0.15, -0.1) is 0 Å². The number of carbonyl (C=O) groups excluding carboxylic acids is 4. The normalized spacial score (nSPS) is 17.7. The molecule has 0 aliphatic carbocycles. The molecular weight excluding hydrogens is 314 g/mol. The number of esters is 1. The third-order valence-electron chi connectivity index (χ3n) is 3.64. The van der Waals surface area contributed by atoms with Crippen molar-refractivity contribution >= 4 is 29.4 Å². The van der Waals surface area contributed by atoms with E-state index < -0.39 is 24.0 Å². The van der Waals surface area contributed by atoms with Crippen LogP contribution in [-0.4, -0.2) is 42.9 Å². The third kappa shape index (κ3) is 4.09. The number of methoxy groups -OCH3 is 1. The summed E-state index contributed by atoms with van der Waals surface area (Å²) >= 11 is 0. The number of fused-ring (bicyclic) bond motifs is 1. The zero-order valence-electron chi connectivity index (χ0n) is 13.4. The van der Waals surface area contributed by atoms with Gasteiger partial charge in [-0.2, -0.15) is 0 Å². The van der Waals surface area contributed by atoms with Crippen molar-refractivity contribution in [3.63, 3.8) is 0 Å². The maximum Gasteiger partial charge on any atom is 0.328 e. The van der Waals surface area contributed by atoms with E-state index in [9.17, 15) is 19.2 Å². The molecule has 1 aliphatic rings. The zero-order chi connectivity index (χ0) is 17.7. The number of para-hydroxylation sites is 1. The van der Waals surface area contributed by atoms with Gasteiger partial charge < -0.3 is 20.7 Å². The van der Waals surface area contributed by atoms with Gasteiger partial charge in [0.05, 0.1) is 18.4 Å². The van der Waals surface area contributed by atoms with E-state index in [1.807, 2.05) is 0 Å². The molecule has 1 aromatic rings. The molecule has 2 rings (SSSR count). The van der Waals surface area contributed by atoms with Crippen molar-refractivity contribution in [2.45, 2.75) is 31.8 Å². The molecule has 0 aromatic heterocycles. The van der Waals surface area contributed by atoms with Gasteiger partial charge >= 0.3 is 5.97 Å². The van der Waals surface area contributed by atoms with Crippen LogP contribution in [0.1, 0.15) is 30.1 Å². The first-order valence-corrected chi connectivity index (χ1v) is 7.50. The van der Waals surface area contributed by atoms with E-state index in [4.69, 9.17) is 0 Å². The van der Waals surface area contributed by atoms with Gasteiger partial charge in [0.15, 0.2) is 0 Å². The second-order valence-electron chi connectivity index (χ2n) is 5.41. The quantitative estimate of drug-likeness (QED) is 0.666. The smallest absolute Gasteiger partial charge is 0.328 e. The number of nitrogens with one attached hydrogen (secondary N) is 3. The largest absolute Gasteiger partial charge is 0.467 e. The Morgan fingerprint density at radius 1 is 1.29 bits per heavy atom. The summed E-state index contributed by atoms with van der Waals surface area (Å²) in [6, 6.07) is 5.06. The minimum absolute atomic E-state index is 0.0178. The fraction of sp³-hybridized carbons (Fsp3) is 0.375. The summed E-state index contributed by atoms with van der Waals surface area (Å²) in [5.41, 5.74) is 0.809. The topological polar surface area (TPSA) is 114 Å². The molecule has 8 heteroatoms. The van der Waals surface area contributed by atoms with Crippen molar-refractivity contribution in [3.05, 3.63) is 29.8 Å². The lowest BCUT2D eigenvalue weighted by Crippen LogP contribution is -2.43. The van der Waals surface area contributed by atoms with E-state index in [2.05, 4.69) is 20.7 Å². The maximum absolute atomic E-state index is 12.2. The minimum Gasteiger partial charge on any atom is -0.467 e. The van der Waals surface area contributed by atoms with Gasteiger partial charge in [-0.05, 0) is 25.5 Å². The van der Waals surface area contributed by atoms with Crippen molar-refractivity contribution in [1.82, 2.24) is 10.6 Å². The predicted octanol–water partition coefficient (Wildman–Crippen LogP) is 0.195. The first kappa shape index (κ1) is 17.5. The summed E-state index contributed by atoms with van der Waals surface area (Å²) in [5.74, 6) is -1.73. The van der Waals surface area contributed by atoms with Crippen LogP contribution in [0.3, 0.4) is 0 Å². The monoisotopic (exact) mass is 333 g/mol. The van der Waals surface area contributed by atoms with Crippen molar-refractivity contribution in [1.29, 1.82) is 0 Å². The Balaban J connectivity index is 1.94. The highest BCUT2D eigenvalue weighted by atomic mass is 16.5. The predicted molar refractivity (Wildman–Crippen MR) is 85.2 cm³/mol. The van der Waals surface area contributed by atoms with Crippen LogP contribution in [-0.2, 0) is 19.1 Å². The van der Waals surface area contributed by atoms with Gasteiger partial charge in [0.2, 0.25) is 11.8 Å². The average molecular weight is 333 g/mol. The van der Waals surface area contributed by atoms with Crippen LogP contribution in [0.5, 0.6) is 0 Å². The molecule has 0 fully saturated rings. The second-order valence-corrected chi connectivity index (χ2v) is 5.41. The summed E-state index contributed by atoms with van der Waals surface area (Å²) in [5, 5.41) is 7.74. The van der Waals surface area contributed by atoms with Crippen molar-refractivity contribution in [2.75, 3.05) is 12.4 Å². The number of hydrogen-bond donors (Lipinski definition) is 3. The first-order chi connectivity index (χ1) is 11.4. The van der Waals surface area contributed by atoms with Crippen LogP contribution < -0.4 is 16.0 Å². The Labute approximate surface area is 138 Å². The highest BCUT2D eigenvalue weighted by Gasteiger charge is 2.28. The van der Waals surface area contributed by atoms with E-state index in [0.717, 1.165) is 0 Å². The number of carbonyl (C=O) groups is 4. The van der Waals surface area contributed by atoms with Crippen LogP contribution in [0.25, 0.3) is 0 Å². The third-order valence-corrected chi connectivity index (χ3v) is 3.64. The van der Waals surface area contributed by atoms with Gasteiger partial charge in [-0.1, -0.05) is 12.1 Å². The molecular formula is C16H19N3O5. The molecule has 3 N–H and O–H groups in total. The van der Waals surface area contributed by atoms with Crippen LogP contribution in [0, 0.1) is 0 Å². The molecule has 0 saturated heterocycles. The van der Waals surface area contributed by atoms with E-state index in [1.54, 1.807) is 24.3 Å². The molecule has 128 valence electrons. The van der Waals surface area contributed by atoms with E-state index in [-0.39, 0.29) is 24.7 Å². The fourth-order valence-corrected chi connectivity index (χ4v) is 2.34. The Bertz CT molecular complexity index is 673. The number of amides is 3. The number of rotatable bonds is 5. The molecule has 0 spiro atoms. The molecule has 1 heterocycles. The van der Waals surface area contributed by atoms with Crippen LogP contribution in [0.15, 0.2) is 24.3 Å². The number of anilines is 1.